The van der Waals surface area contributed by atoms with E-state index in [1.165, 1.54) is 35.5 Å². The highest BCUT2D eigenvalue weighted by Crippen LogP contribution is 2.40. The fraction of sp³-hybridized carbons (Fsp3) is 0.691. The van der Waals surface area contributed by atoms with Crippen molar-refractivity contribution < 1.29 is 53.1 Å². The van der Waals surface area contributed by atoms with Crippen LogP contribution in [0.1, 0.15) is 147 Å². The zero-order chi connectivity index (χ0) is 49.0. The van der Waals surface area contributed by atoms with Crippen molar-refractivity contribution in [2.45, 2.75) is 180 Å². The summed E-state index contributed by atoms with van der Waals surface area (Å²) in [5.41, 5.74) is 2.17. The quantitative estimate of drug-likeness (QED) is 0.0874. The van der Waals surface area contributed by atoms with Crippen molar-refractivity contribution in [2.24, 2.45) is 35.5 Å². The zero-order valence-electron chi connectivity index (χ0n) is 41.6. The van der Waals surface area contributed by atoms with Crippen LogP contribution in [0.2, 0.25) is 0 Å². The highest BCUT2D eigenvalue weighted by atomic mass is 16.6. The molecule has 2 heterocycles. The Morgan fingerprint density at radius 1 is 0.588 bits per heavy atom. The molecule has 0 unspecified atom stereocenters. The number of benzene rings is 2. The van der Waals surface area contributed by atoms with Gasteiger partial charge in [-0.2, -0.15) is 0 Å². The normalized spacial score (nSPS) is 21.5. The Hall–Kier alpha value is -4.33. The molecule has 4 amide bonds. The van der Waals surface area contributed by atoms with E-state index >= 15 is 0 Å². The minimum absolute atomic E-state index is 0.0944. The van der Waals surface area contributed by atoms with Crippen LogP contribution in [0, 0.1) is 35.5 Å². The minimum atomic E-state index is -0.690. The number of imide groups is 2. The van der Waals surface area contributed by atoms with Gasteiger partial charge < -0.3 is 29.2 Å². The maximum Gasteiger partial charge on any atom is 0.416 e. The lowest BCUT2D eigenvalue weighted by molar-refractivity contribution is -0.147. The van der Waals surface area contributed by atoms with Crippen molar-refractivity contribution in [1.82, 2.24) is 9.80 Å². The number of aliphatic carboxylic acids is 1. The van der Waals surface area contributed by atoms with Gasteiger partial charge in [-0.15, -0.1) is 0 Å². The molecular weight excluding hydrogens is 865 g/mol. The maximum absolute atomic E-state index is 13.4. The van der Waals surface area contributed by atoms with Gasteiger partial charge in [0.1, 0.15) is 13.2 Å². The third-order valence-corrected chi connectivity index (χ3v) is 14.3. The molecule has 0 aromatic heterocycles. The number of methoxy groups -OCH3 is 2. The Kier molecular flexibility index (Phi) is 22.8. The molecule has 2 aliphatic heterocycles. The number of aliphatic hydroxyl groups excluding tert-OH is 1. The molecule has 68 heavy (non-hydrogen) atoms. The average Bonchev–Trinajstić information content (AvgIpc) is 4.26. The van der Waals surface area contributed by atoms with Gasteiger partial charge in [0.2, 0.25) is 11.8 Å². The maximum atomic E-state index is 13.4. The van der Waals surface area contributed by atoms with Gasteiger partial charge >= 0.3 is 18.2 Å². The number of carbonyl (C=O) groups excluding carboxylic acids is 4. The molecule has 2 aromatic rings. The molecule has 7 rings (SSSR count). The van der Waals surface area contributed by atoms with Gasteiger partial charge in [0.25, 0.3) is 0 Å². The molecule has 13 heteroatoms. The molecule has 8 atom stereocenters. The minimum Gasteiger partial charge on any atom is -0.481 e. The van der Waals surface area contributed by atoms with Gasteiger partial charge in [-0.05, 0) is 80.2 Å². The molecule has 3 aliphatic carbocycles. The molecular formula is C55H82N2O11. The van der Waals surface area contributed by atoms with Gasteiger partial charge in [-0.25, -0.2) is 19.4 Å². The summed E-state index contributed by atoms with van der Waals surface area (Å²) in [7, 11) is 3.31. The lowest BCUT2D eigenvalue weighted by Gasteiger charge is -2.30. The molecule has 2 saturated heterocycles. The third-order valence-electron chi connectivity index (χ3n) is 14.3. The van der Waals surface area contributed by atoms with Crippen LogP contribution in [-0.2, 0) is 46.2 Å². The summed E-state index contributed by atoms with van der Waals surface area (Å²) in [6, 6.07) is 19.2. The number of carboxylic acid groups (broad SMARTS) is 1. The molecule has 5 fully saturated rings. The zero-order valence-corrected chi connectivity index (χ0v) is 41.6. The molecule has 2 aromatic carbocycles. The van der Waals surface area contributed by atoms with Crippen molar-refractivity contribution in [1.29, 1.82) is 0 Å². The number of aliphatic hydroxyl groups is 1. The van der Waals surface area contributed by atoms with Gasteiger partial charge in [-0.3, -0.25) is 14.4 Å². The Bertz CT molecular complexity index is 1830. The Balaban J connectivity index is 0.000000199. The van der Waals surface area contributed by atoms with Crippen LogP contribution in [0.15, 0.2) is 60.7 Å². The van der Waals surface area contributed by atoms with E-state index in [-0.39, 0.29) is 61.2 Å². The number of nitrogens with zero attached hydrogens (tertiary/aromatic N) is 2. The summed E-state index contributed by atoms with van der Waals surface area (Å²) >= 11 is 0. The second kappa shape index (κ2) is 28.4. The van der Waals surface area contributed by atoms with Crippen LogP contribution in [0.25, 0.3) is 0 Å². The van der Waals surface area contributed by atoms with Crippen LogP contribution in [0.5, 0.6) is 0 Å². The number of carboxylic acids is 1. The van der Waals surface area contributed by atoms with E-state index in [2.05, 4.69) is 20.8 Å². The summed E-state index contributed by atoms with van der Waals surface area (Å²) in [5.74, 6) is -0.395. The summed E-state index contributed by atoms with van der Waals surface area (Å²) in [6.07, 6.45) is 16.9. The SMILES string of the molecule is CCCC[C@H](O)[C@@H](CC1CC1)C(=O)N1C(=O)OC[C@H]1Cc1ccccc1.CCCC[C@H](OC)[C@@H](CC1CC1)C(=O)N1C(=O)OC[C@H]1Cc1ccccc1.CCCC[C@H](OC)[C@@H](CC1CC1)C(=O)O. The van der Waals surface area contributed by atoms with E-state index in [1.54, 1.807) is 14.2 Å². The number of ether oxygens (including phenoxy) is 4. The van der Waals surface area contributed by atoms with E-state index in [0.29, 0.717) is 43.4 Å². The predicted molar refractivity (Wildman–Crippen MR) is 261 cm³/mol. The second-order valence-corrected chi connectivity index (χ2v) is 20.0. The van der Waals surface area contributed by atoms with E-state index in [1.807, 2.05) is 60.7 Å². The Morgan fingerprint density at radius 2 is 0.956 bits per heavy atom. The van der Waals surface area contributed by atoms with Crippen molar-refractivity contribution in [3.8, 4) is 0 Å². The smallest absolute Gasteiger partial charge is 0.416 e. The first kappa shape index (κ1) is 54.6. The Morgan fingerprint density at radius 3 is 1.34 bits per heavy atom. The monoisotopic (exact) mass is 947 g/mol. The first-order valence-corrected chi connectivity index (χ1v) is 26.0. The predicted octanol–water partition coefficient (Wildman–Crippen LogP) is 10.4. The summed E-state index contributed by atoms with van der Waals surface area (Å²) in [6.45, 7) is 6.81. The molecule has 3 saturated carbocycles. The number of hydrogen-bond acceptors (Lipinski definition) is 10. The number of carbonyl (C=O) groups is 5. The molecule has 13 nitrogen and oxygen atoms in total. The lowest BCUT2D eigenvalue weighted by atomic mass is 9.90. The van der Waals surface area contributed by atoms with Gasteiger partial charge in [0, 0.05) is 14.2 Å². The molecule has 5 aliphatic rings. The standard InChI is InChI=1S/C22H31NO4.C21H29NO4.C12H22O3/c1-3-4-10-20(26-2)19(14-17-11-12-17)21(24)23-18(15-27-22(23)25)13-16-8-6-5-7-9-16;1-2-3-9-19(23)18(13-16-10-11-16)20(24)22-17(14-26-21(22)25)12-15-7-5-4-6-8-15;1-3-4-5-11(15-2)10(12(13)14)8-9-6-7-9/h5-9,17-20H,3-4,10-15H2,1-2H3;4-8,16-19,23H,2-3,9-14H2,1H3;9-11H,3-8H2,1-2H3,(H,13,14)/t18-,19-,20+;17-,18-,19+;10-,11+/m111/s1. The van der Waals surface area contributed by atoms with Crippen LogP contribution in [0.4, 0.5) is 9.59 Å². The number of unbranched alkanes of at least 4 members (excludes halogenated alkanes) is 3. The fourth-order valence-electron chi connectivity index (χ4n) is 9.67. The lowest BCUT2D eigenvalue weighted by Crippen LogP contribution is -2.47. The molecule has 0 radical (unpaired) electrons. The number of hydrogen-bond donors (Lipinski definition) is 2. The summed E-state index contributed by atoms with van der Waals surface area (Å²) < 4.78 is 21.5. The molecule has 0 spiro atoms. The van der Waals surface area contributed by atoms with Gasteiger partial charge in [0.05, 0.1) is 48.1 Å². The third kappa shape index (κ3) is 17.3. The van der Waals surface area contributed by atoms with Crippen molar-refractivity contribution in [3.63, 3.8) is 0 Å². The number of amides is 4. The first-order valence-electron chi connectivity index (χ1n) is 26.0. The van der Waals surface area contributed by atoms with Crippen LogP contribution >= 0.6 is 0 Å². The van der Waals surface area contributed by atoms with Crippen molar-refractivity contribution in [3.05, 3.63) is 71.8 Å². The van der Waals surface area contributed by atoms with Gasteiger partial charge in [0.15, 0.2) is 0 Å². The van der Waals surface area contributed by atoms with Crippen LogP contribution < -0.4 is 0 Å². The Labute approximate surface area is 406 Å². The van der Waals surface area contributed by atoms with Crippen molar-refractivity contribution >= 4 is 30.0 Å². The van der Waals surface area contributed by atoms with Crippen LogP contribution in [-0.4, -0.2) is 108 Å². The first-order chi connectivity index (χ1) is 32.9. The largest absolute Gasteiger partial charge is 0.481 e. The van der Waals surface area contributed by atoms with Crippen LogP contribution in [0.3, 0.4) is 0 Å². The average molecular weight is 947 g/mol. The molecule has 2 N–H and O–H groups in total. The number of rotatable bonds is 27. The summed E-state index contributed by atoms with van der Waals surface area (Å²) in [4.78, 5) is 65.1. The molecule has 0 bridgehead atoms. The topological polar surface area (TPSA) is 169 Å². The van der Waals surface area contributed by atoms with Gasteiger partial charge in [-0.1, -0.05) is 158 Å². The number of cyclic esters (lactones) is 2. The van der Waals surface area contributed by atoms with E-state index in [9.17, 15) is 34.2 Å². The highest BCUT2D eigenvalue weighted by Gasteiger charge is 2.46. The van der Waals surface area contributed by atoms with Crippen molar-refractivity contribution in [2.75, 3.05) is 27.4 Å². The summed E-state index contributed by atoms with van der Waals surface area (Å²) in [5, 5.41) is 19.8. The van der Waals surface area contributed by atoms with E-state index in [0.717, 1.165) is 88.2 Å². The highest BCUT2D eigenvalue weighted by molar-refractivity contribution is 5.96. The van der Waals surface area contributed by atoms with E-state index in [4.69, 9.17) is 18.9 Å². The second-order valence-electron chi connectivity index (χ2n) is 20.0. The fourth-order valence-corrected chi connectivity index (χ4v) is 9.67. The van der Waals surface area contributed by atoms with E-state index < -0.39 is 30.2 Å². The molecule has 378 valence electrons.